The molecule has 226 valence electrons. The van der Waals surface area contributed by atoms with Crippen LogP contribution in [0.15, 0.2) is 158 Å². The van der Waals surface area contributed by atoms with Crippen LogP contribution in [-0.4, -0.2) is 0 Å². The molecule has 0 aromatic heterocycles. The number of hydrogen-bond acceptors (Lipinski definition) is 0. The predicted octanol–water partition coefficient (Wildman–Crippen LogP) is 11.2. The lowest BCUT2D eigenvalue weighted by Gasteiger charge is -2.27. The Labute approximate surface area is 282 Å². The minimum absolute atomic E-state index is 0.00536. The van der Waals surface area contributed by atoms with Crippen molar-refractivity contribution in [2.75, 3.05) is 0 Å². The van der Waals surface area contributed by atoms with E-state index in [1.807, 2.05) is 0 Å². The highest BCUT2D eigenvalue weighted by Gasteiger charge is 2.48. The Morgan fingerprint density at radius 3 is 1.06 bits per heavy atom. The van der Waals surface area contributed by atoms with E-state index in [4.69, 9.17) is 0 Å². The van der Waals surface area contributed by atoms with Crippen molar-refractivity contribution in [2.45, 2.75) is 36.5 Å². The molecule has 0 radical (unpaired) electrons. The Morgan fingerprint density at radius 1 is 0.271 bits per heavy atom. The van der Waals surface area contributed by atoms with Crippen LogP contribution >= 0.6 is 0 Å². The molecular formula is C48H34. The highest BCUT2D eigenvalue weighted by atomic mass is 14.5. The van der Waals surface area contributed by atoms with Crippen LogP contribution in [0.25, 0.3) is 44.5 Å². The summed E-state index contributed by atoms with van der Waals surface area (Å²) >= 11 is 0. The zero-order valence-electron chi connectivity index (χ0n) is 26.8. The van der Waals surface area contributed by atoms with E-state index < -0.39 is 0 Å². The van der Waals surface area contributed by atoms with Gasteiger partial charge >= 0.3 is 0 Å². The van der Waals surface area contributed by atoms with Gasteiger partial charge in [0.05, 0.1) is 0 Å². The summed E-state index contributed by atoms with van der Waals surface area (Å²) in [6, 6.07) is 60.2. The van der Waals surface area contributed by atoms with Crippen molar-refractivity contribution in [3.8, 4) is 44.5 Å². The standard InChI is InChI=1S/C48H34/c1-2-11-36-28-47(27-35(36)10-1)43-18-7-5-16-39(43)41-22-20-33(25-45(41)47)31-14-9-15-32(24-31)34-21-23-42-40-17-6-8-19-44(40)48(46(42)26-34)29-37-12-3-4-13-38(37)30-48/h1-26H,27-30H2. The molecule has 0 aliphatic heterocycles. The minimum atomic E-state index is 0.00536. The summed E-state index contributed by atoms with van der Waals surface area (Å²) in [5.41, 5.74) is 22.7. The molecule has 0 saturated carbocycles. The molecular weight excluding hydrogens is 577 g/mol. The summed E-state index contributed by atoms with van der Waals surface area (Å²) < 4.78 is 0. The summed E-state index contributed by atoms with van der Waals surface area (Å²) in [4.78, 5) is 0. The first-order valence-electron chi connectivity index (χ1n) is 17.4. The van der Waals surface area contributed by atoms with Gasteiger partial charge in [0.15, 0.2) is 0 Å². The Balaban J connectivity index is 1.02. The SMILES string of the molecule is c1cc(-c2ccc3c(c2)C2(Cc4ccccc4C2)c2ccccc2-3)cc(-c2ccc3c(c2)C2(Cc4ccccc4C2)c2ccccc2-3)c1. The summed E-state index contributed by atoms with van der Waals surface area (Å²) in [7, 11) is 0. The van der Waals surface area contributed by atoms with Crippen molar-refractivity contribution in [3.63, 3.8) is 0 Å². The van der Waals surface area contributed by atoms with E-state index in [2.05, 4.69) is 158 Å². The molecule has 0 saturated heterocycles. The van der Waals surface area contributed by atoms with Gasteiger partial charge < -0.3 is 0 Å². The Bertz CT molecular complexity index is 2250. The van der Waals surface area contributed by atoms with Crippen molar-refractivity contribution < 1.29 is 0 Å². The van der Waals surface area contributed by atoms with Gasteiger partial charge in [0.2, 0.25) is 0 Å². The van der Waals surface area contributed by atoms with Crippen molar-refractivity contribution in [1.29, 1.82) is 0 Å². The molecule has 0 amide bonds. The van der Waals surface area contributed by atoms with E-state index in [1.165, 1.54) is 89.0 Å². The third-order valence-corrected chi connectivity index (χ3v) is 12.3. The maximum absolute atomic E-state index is 2.52. The molecule has 2 spiro atoms. The van der Waals surface area contributed by atoms with Crippen LogP contribution in [0.5, 0.6) is 0 Å². The molecule has 0 unspecified atom stereocenters. The first-order valence-corrected chi connectivity index (χ1v) is 17.4. The molecule has 0 N–H and O–H groups in total. The average Bonchev–Trinajstić information content (AvgIpc) is 3.88. The second kappa shape index (κ2) is 9.55. The molecule has 0 atom stereocenters. The van der Waals surface area contributed by atoms with E-state index in [0.717, 1.165) is 25.7 Å². The van der Waals surface area contributed by atoms with E-state index in [-0.39, 0.29) is 10.8 Å². The predicted molar refractivity (Wildman–Crippen MR) is 197 cm³/mol. The summed E-state index contributed by atoms with van der Waals surface area (Å²) in [6.45, 7) is 0. The minimum Gasteiger partial charge on any atom is -0.0620 e. The van der Waals surface area contributed by atoms with Crippen LogP contribution < -0.4 is 0 Å². The van der Waals surface area contributed by atoms with Gasteiger partial charge in [0.25, 0.3) is 0 Å². The summed E-state index contributed by atoms with van der Waals surface area (Å²) in [6.07, 6.45) is 4.28. The van der Waals surface area contributed by atoms with Crippen LogP contribution in [0.4, 0.5) is 0 Å². The summed E-state index contributed by atoms with van der Waals surface area (Å²) in [5.74, 6) is 0. The van der Waals surface area contributed by atoms with Crippen LogP contribution in [0.1, 0.15) is 44.5 Å². The molecule has 4 aliphatic rings. The molecule has 0 fully saturated rings. The van der Waals surface area contributed by atoms with Gasteiger partial charge in [-0.05, 0) is 133 Å². The fourth-order valence-corrected chi connectivity index (χ4v) is 10.1. The largest absolute Gasteiger partial charge is 0.0620 e. The molecule has 0 heteroatoms. The number of rotatable bonds is 2. The van der Waals surface area contributed by atoms with Gasteiger partial charge in [-0.2, -0.15) is 0 Å². The molecule has 0 heterocycles. The van der Waals surface area contributed by atoms with Crippen molar-refractivity contribution in [1.82, 2.24) is 0 Å². The van der Waals surface area contributed by atoms with E-state index in [9.17, 15) is 0 Å². The van der Waals surface area contributed by atoms with Crippen LogP contribution in [0.2, 0.25) is 0 Å². The maximum Gasteiger partial charge on any atom is 0.0296 e. The smallest absolute Gasteiger partial charge is 0.0296 e. The van der Waals surface area contributed by atoms with Crippen molar-refractivity contribution >= 4 is 0 Å². The lowest BCUT2D eigenvalue weighted by atomic mass is 9.75. The molecule has 11 rings (SSSR count). The molecule has 48 heavy (non-hydrogen) atoms. The topological polar surface area (TPSA) is 0 Å². The second-order valence-corrected chi connectivity index (χ2v) is 14.6. The second-order valence-electron chi connectivity index (χ2n) is 14.6. The third-order valence-electron chi connectivity index (χ3n) is 12.3. The van der Waals surface area contributed by atoms with Gasteiger partial charge in [-0.1, -0.05) is 140 Å². The Hall–Kier alpha value is -5.46. The van der Waals surface area contributed by atoms with E-state index in [1.54, 1.807) is 0 Å². The maximum atomic E-state index is 2.52. The van der Waals surface area contributed by atoms with Gasteiger partial charge in [-0.3, -0.25) is 0 Å². The van der Waals surface area contributed by atoms with E-state index in [0.29, 0.717) is 0 Å². The normalized spacial score (nSPS) is 16.3. The molecule has 4 aliphatic carbocycles. The lowest BCUT2D eigenvalue weighted by molar-refractivity contribution is 0.564. The highest BCUT2D eigenvalue weighted by molar-refractivity contribution is 5.87. The fraction of sp³-hybridized carbons (Fsp3) is 0.125. The quantitative estimate of drug-likeness (QED) is 0.183. The van der Waals surface area contributed by atoms with Gasteiger partial charge in [0, 0.05) is 10.8 Å². The molecule has 7 aromatic rings. The van der Waals surface area contributed by atoms with Crippen LogP contribution in [0, 0.1) is 0 Å². The van der Waals surface area contributed by atoms with Crippen molar-refractivity contribution in [3.05, 3.63) is 202 Å². The number of fused-ring (bicyclic) bond motifs is 12. The Kier molecular flexibility index (Phi) is 5.29. The van der Waals surface area contributed by atoms with Gasteiger partial charge in [0.1, 0.15) is 0 Å². The number of benzene rings is 7. The van der Waals surface area contributed by atoms with Gasteiger partial charge in [-0.25, -0.2) is 0 Å². The zero-order valence-corrected chi connectivity index (χ0v) is 26.8. The zero-order chi connectivity index (χ0) is 31.5. The summed E-state index contributed by atoms with van der Waals surface area (Å²) in [5, 5.41) is 0. The van der Waals surface area contributed by atoms with Crippen LogP contribution in [0.3, 0.4) is 0 Å². The molecule has 0 bridgehead atoms. The fourth-order valence-electron chi connectivity index (χ4n) is 10.1. The first-order chi connectivity index (χ1) is 23.7. The monoisotopic (exact) mass is 610 g/mol. The number of hydrogen-bond donors (Lipinski definition) is 0. The highest BCUT2D eigenvalue weighted by Crippen LogP contribution is 2.57. The lowest BCUT2D eigenvalue weighted by Crippen LogP contribution is -2.25. The van der Waals surface area contributed by atoms with E-state index >= 15 is 0 Å². The van der Waals surface area contributed by atoms with Gasteiger partial charge in [-0.15, -0.1) is 0 Å². The molecule has 7 aromatic carbocycles. The third kappa shape index (κ3) is 3.50. The van der Waals surface area contributed by atoms with Crippen LogP contribution in [-0.2, 0) is 36.5 Å². The average molecular weight is 611 g/mol. The first kappa shape index (κ1) is 26.6. The Morgan fingerprint density at radius 2 is 0.625 bits per heavy atom. The molecule has 0 nitrogen and oxygen atoms in total. The van der Waals surface area contributed by atoms with Crippen molar-refractivity contribution in [2.24, 2.45) is 0 Å².